The standard InChI is InChI=1S/C22H21FN4O2/c1-27(22(28)15-29-20-10-4-16(14-24)5-11-20)12-2-3-19-13-21(26-25-19)17-6-8-18(23)9-7-17/h4-11,13H,2-3,12,15H2,1H3,(H,25,26). The number of rotatable bonds is 8. The number of halogens is 1. The SMILES string of the molecule is CN(CCCc1cc(-c2ccc(F)cc2)n[nH]1)C(=O)COc1ccc(C#N)cc1. The van der Waals surface area contributed by atoms with E-state index in [0.29, 0.717) is 17.9 Å². The van der Waals surface area contributed by atoms with Gasteiger partial charge in [-0.3, -0.25) is 9.89 Å². The molecule has 0 aliphatic carbocycles. The van der Waals surface area contributed by atoms with E-state index >= 15 is 0 Å². The summed E-state index contributed by atoms with van der Waals surface area (Å²) in [4.78, 5) is 13.8. The highest BCUT2D eigenvalue weighted by molar-refractivity contribution is 5.77. The van der Waals surface area contributed by atoms with Crippen molar-refractivity contribution in [2.24, 2.45) is 0 Å². The van der Waals surface area contributed by atoms with E-state index in [-0.39, 0.29) is 18.3 Å². The van der Waals surface area contributed by atoms with Crippen LogP contribution in [0, 0.1) is 17.1 Å². The molecule has 2 aromatic carbocycles. The fraction of sp³-hybridized carbons (Fsp3) is 0.227. The van der Waals surface area contributed by atoms with Gasteiger partial charge in [0.2, 0.25) is 0 Å². The van der Waals surface area contributed by atoms with Crippen LogP contribution in [0.2, 0.25) is 0 Å². The van der Waals surface area contributed by atoms with Crippen molar-refractivity contribution in [3.63, 3.8) is 0 Å². The molecule has 0 fully saturated rings. The van der Waals surface area contributed by atoms with Crippen LogP contribution in [0.1, 0.15) is 17.7 Å². The van der Waals surface area contributed by atoms with Crippen molar-refractivity contribution in [3.8, 4) is 23.1 Å². The number of nitrogens with one attached hydrogen (secondary N) is 1. The molecule has 0 saturated carbocycles. The van der Waals surface area contributed by atoms with E-state index in [1.54, 1.807) is 48.3 Å². The van der Waals surface area contributed by atoms with Gasteiger partial charge >= 0.3 is 0 Å². The molecule has 0 aliphatic rings. The highest BCUT2D eigenvalue weighted by Crippen LogP contribution is 2.18. The predicted molar refractivity (Wildman–Crippen MR) is 107 cm³/mol. The number of nitriles is 1. The molecule has 148 valence electrons. The first-order valence-electron chi connectivity index (χ1n) is 9.22. The molecule has 6 nitrogen and oxygen atoms in total. The quantitative estimate of drug-likeness (QED) is 0.635. The zero-order chi connectivity index (χ0) is 20.6. The molecular formula is C22H21FN4O2. The first kappa shape index (κ1) is 20.1. The predicted octanol–water partition coefficient (Wildman–Crippen LogP) is 3.56. The van der Waals surface area contributed by atoms with Crippen LogP contribution in [0.25, 0.3) is 11.3 Å². The minimum Gasteiger partial charge on any atom is -0.484 e. The summed E-state index contributed by atoms with van der Waals surface area (Å²) >= 11 is 0. The topological polar surface area (TPSA) is 82.0 Å². The number of H-pyrrole nitrogens is 1. The molecule has 1 N–H and O–H groups in total. The van der Waals surface area contributed by atoms with Gasteiger partial charge in [-0.1, -0.05) is 0 Å². The van der Waals surface area contributed by atoms with Crippen LogP contribution in [-0.2, 0) is 11.2 Å². The number of benzene rings is 2. The van der Waals surface area contributed by atoms with Crippen molar-refractivity contribution < 1.29 is 13.9 Å². The van der Waals surface area contributed by atoms with Gasteiger partial charge in [0.05, 0.1) is 17.3 Å². The zero-order valence-electron chi connectivity index (χ0n) is 16.1. The molecule has 0 saturated heterocycles. The summed E-state index contributed by atoms with van der Waals surface area (Å²) in [6.45, 7) is 0.529. The van der Waals surface area contributed by atoms with Crippen LogP contribution in [0.5, 0.6) is 5.75 Å². The van der Waals surface area contributed by atoms with Crippen molar-refractivity contribution in [1.82, 2.24) is 15.1 Å². The summed E-state index contributed by atoms with van der Waals surface area (Å²) < 4.78 is 18.5. The Morgan fingerprint density at radius 1 is 1.21 bits per heavy atom. The molecule has 1 amide bonds. The van der Waals surface area contributed by atoms with Gasteiger partial charge in [-0.2, -0.15) is 10.4 Å². The number of carbonyl (C=O) groups is 1. The molecule has 3 rings (SSSR count). The molecule has 0 bridgehead atoms. The average molecular weight is 392 g/mol. The number of aromatic nitrogens is 2. The summed E-state index contributed by atoms with van der Waals surface area (Å²) in [5, 5.41) is 16.0. The second-order valence-electron chi connectivity index (χ2n) is 6.63. The summed E-state index contributed by atoms with van der Waals surface area (Å²) in [6.07, 6.45) is 1.51. The number of hydrogen-bond donors (Lipinski definition) is 1. The van der Waals surface area contributed by atoms with Crippen LogP contribution in [0.4, 0.5) is 4.39 Å². The monoisotopic (exact) mass is 392 g/mol. The van der Waals surface area contributed by atoms with E-state index < -0.39 is 0 Å². The molecule has 0 radical (unpaired) electrons. The molecule has 7 heteroatoms. The van der Waals surface area contributed by atoms with Gasteiger partial charge in [-0.15, -0.1) is 0 Å². The Kier molecular flexibility index (Phi) is 6.59. The highest BCUT2D eigenvalue weighted by Gasteiger charge is 2.10. The number of ether oxygens (including phenoxy) is 1. The molecule has 3 aromatic rings. The minimum absolute atomic E-state index is 0.0544. The Balaban J connectivity index is 1.42. The molecular weight excluding hydrogens is 371 g/mol. The molecule has 0 aliphatic heterocycles. The van der Waals surface area contributed by atoms with Gasteiger partial charge < -0.3 is 9.64 Å². The van der Waals surface area contributed by atoms with Crippen molar-refractivity contribution in [2.45, 2.75) is 12.8 Å². The number of carbonyl (C=O) groups excluding carboxylic acids is 1. The number of aryl methyl sites for hydroxylation is 1. The number of likely N-dealkylation sites (N-methyl/N-ethyl adjacent to an activating group) is 1. The Bertz CT molecular complexity index is 991. The third-order valence-electron chi connectivity index (χ3n) is 4.48. The number of hydrogen-bond acceptors (Lipinski definition) is 4. The number of amides is 1. The lowest BCUT2D eigenvalue weighted by molar-refractivity contribution is -0.132. The smallest absolute Gasteiger partial charge is 0.260 e. The van der Waals surface area contributed by atoms with Crippen molar-refractivity contribution in [1.29, 1.82) is 5.26 Å². The van der Waals surface area contributed by atoms with Crippen molar-refractivity contribution in [2.75, 3.05) is 20.2 Å². The Hall–Kier alpha value is -3.66. The van der Waals surface area contributed by atoms with E-state index in [1.807, 2.05) is 12.1 Å². The highest BCUT2D eigenvalue weighted by atomic mass is 19.1. The third-order valence-corrected chi connectivity index (χ3v) is 4.48. The maximum Gasteiger partial charge on any atom is 0.260 e. The molecule has 29 heavy (non-hydrogen) atoms. The van der Waals surface area contributed by atoms with E-state index in [0.717, 1.165) is 29.8 Å². The second-order valence-corrected chi connectivity index (χ2v) is 6.63. The largest absolute Gasteiger partial charge is 0.484 e. The number of nitrogens with zero attached hydrogens (tertiary/aromatic N) is 3. The molecule has 1 aromatic heterocycles. The minimum atomic E-state index is -0.277. The first-order valence-corrected chi connectivity index (χ1v) is 9.22. The van der Waals surface area contributed by atoms with E-state index in [4.69, 9.17) is 10.00 Å². The molecule has 0 unspecified atom stereocenters. The summed E-state index contributed by atoms with van der Waals surface area (Å²) in [7, 11) is 1.74. The average Bonchev–Trinajstić information content (AvgIpc) is 3.21. The van der Waals surface area contributed by atoms with E-state index in [2.05, 4.69) is 10.2 Å². The van der Waals surface area contributed by atoms with Crippen LogP contribution in [0.3, 0.4) is 0 Å². The van der Waals surface area contributed by atoms with Crippen molar-refractivity contribution in [3.05, 3.63) is 71.7 Å². The van der Waals surface area contributed by atoms with Crippen LogP contribution in [0.15, 0.2) is 54.6 Å². The zero-order valence-corrected chi connectivity index (χ0v) is 16.1. The lowest BCUT2D eigenvalue weighted by Gasteiger charge is -2.17. The fourth-order valence-electron chi connectivity index (χ4n) is 2.77. The molecule has 0 atom stereocenters. The maximum absolute atomic E-state index is 13.0. The molecule has 1 heterocycles. The summed E-state index contributed by atoms with van der Waals surface area (Å²) in [5.74, 6) is 0.155. The first-order chi connectivity index (χ1) is 14.0. The van der Waals surface area contributed by atoms with Crippen LogP contribution in [-0.4, -0.2) is 41.2 Å². The number of aromatic amines is 1. The van der Waals surface area contributed by atoms with Crippen LogP contribution < -0.4 is 4.74 Å². The van der Waals surface area contributed by atoms with Crippen LogP contribution >= 0.6 is 0 Å². The Morgan fingerprint density at radius 3 is 2.62 bits per heavy atom. The maximum atomic E-state index is 13.0. The van der Waals surface area contributed by atoms with Gasteiger partial charge in [0.15, 0.2) is 6.61 Å². The second kappa shape index (κ2) is 9.51. The van der Waals surface area contributed by atoms with E-state index in [9.17, 15) is 9.18 Å². The van der Waals surface area contributed by atoms with Gasteiger partial charge in [0.1, 0.15) is 11.6 Å². The summed E-state index contributed by atoms with van der Waals surface area (Å²) in [6, 6.07) is 16.8. The van der Waals surface area contributed by atoms with E-state index in [1.165, 1.54) is 12.1 Å². The molecule has 0 spiro atoms. The summed E-state index contributed by atoms with van der Waals surface area (Å²) in [5.41, 5.74) is 3.11. The lowest BCUT2D eigenvalue weighted by atomic mass is 10.1. The lowest BCUT2D eigenvalue weighted by Crippen LogP contribution is -2.32. The van der Waals surface area contributed by atoms with Gasteiger partial charge in [0.25, 0.3) is 5.91 Å². The normalized spacial score (nSPS) is 10.4. The van der Waals surface area contributed by atoms with Gasteiger partial charge in [-0.25, -0.2) is 4.39 Å². The Morgan fingerprint density at radius 2 is 1.93 bits per heavy atom. The van der Waals surface area contributed by atoms with Gasteiger partial charge in [0, 0.05) is 24.8 Å². The fourth-order valence-corrected chi connectivity index (χ4v) is 2.77. The van der Waals surface area contributed by atoms with Gasteiger partial charge in [-0.05, 0) is 67.4 Å². The Labute approximate surface area is 168 Å². The van der Waals surface area contributed by atoms with Crippen molar-refractivity contribution >= 4 is 5.91 Å². The third kappa shape index (κ3) is 5.66.